The molecule has 1 amide bonds. The van der Waals surface area contributed by atoms with Gasteiger partial charge in [-0.05, 0) is 24.3 Å². The molecule has 0 N–H and O–H groups in total. The van der Waals surface area contributed by atoms with Gasteiger partial charge in [0, 0.05) is 18.7 Å². The first kappa shape index (κ1) is 16.2. The number of hydrogen-bond acceptors (Lipinski definition) is 5. The van der Waals surface area contributed by atoms with Gasteiger partial charge in [-0.2, -0.15) is 10.5 Å². The van der Waals surface area contributed by atoms with Crippen LogP contribution in [0.5, 0.6) is 5.75 Å². The first-order chi connectivity index (χ1) is 10.2. The van der Waals surface area contributed by atoms with E-state index in [9.17, 15) is 9.59 Å². The summed E-state index contributed by atoms with van der Waals surface area (Å²) in [7, 11) is 0. The van der Waals surface area contributed by atoms with Gasteiger partial charge in [-0.25, -0.2) is 0 Å². The zero-order valence-electron chi connectivity index (χ0n) is 11.5. The number of rotatable bonds is 8. The van der Waals surface area contributed by atoms with Crippen molar-refractivity contribution in [3.05, 3.63) is 29.8 Å². The Morgan fingerprint density at radius 3 is 2.19 bits per heavy atom. The van der Waals surface area contributed by atoms with Gasteiger partial charge < -0.3 is 9.64 Å². The number of ether oxygens (including phenoxy) is 1. The Bertz CT molecular complexity index is 537. The molecule has 6 heteroatoms. The molecule has 0 aromatic heterocycles. The Balaban J connectivity index is 2.53. The maximum absolute atomic E-state index is 12.0. The summed E-state index contributed by atoms with van der Waals surface area (Å²) < 4.78 is 5.34. The van der Waals surface area contributed by atoms with Crippen molar-refractivity contribution in [1.82, 2.24) is 4.90 Å². The molecule has 0 bridgehead atoms. The fraction of sp³-hybridized carbons (Fsp3) is 0.333. The van der Waals surface area contributed by atoms with Gasteiger partial charge in [-0.3, -0.25) is 9.59 Å². The van der Waals surface area contributed by atoms with E-state index in [1.807, 2.05) is 12.1 Å². The zero-order valence-corrected chi connectivity index (χ0v) is 11.5. The van der Waals surface area contributed by atoms with Crippen LogP contribution in [0.1, 0.15) is 23.2 Å². The van der Waals surface area contributed by atoms with Crippen molar-refractivity contribution in [2.45, 2.75) is 12.8 Å². The minimum absolute atomic E-state index is 0.169. The monoisotopic (exact) mass is 285 g/mol. The lowest BCUT2D eigenvalue weighted by molar-refractivity contribution is -0.133. The molecule has 0 saturated heterocycles. The number of amides is 1. The number of hydrogen-bond donors (Lipinski definition) is 0. The van der Waals surface area contributed by atoms with Crippen LogP contribution in [0.25, 0.3) is 0 Å². The summed E-state index contributed by atoms with van der Waals surface area (Å²) in [5, 5.41) is 17.1. The van der Waals surface area contributed by atoms with Crippen molar-refractivity contribution in [3.63, 3.8) is 0 Å². The third kappa shape index (κ3) is 5.75. The Morgan fingerprint density at radius 2 is 1.71 bits per heavy atom. The highest BCUT2D eigenvalue weighted by Gasteiger charge is 2.13. The molecule has 1 aromatic rings. The second-order valence-electron chi connectivity index (χ2n) is 4.17. The van der Waals surface area contributed by atoms with Crippen LogP contribution in [0, 0.1) is 22.7 Å². The summed E-state index contributed by atoms with van der Waals surface area (Å²) in [6, 6.07) is 10.3. The number of nitrogens with zero attached hydrogens (tertiary/aromatic N) is 3. The van der Waals surface area contributed by atoms with Crippen molar-refractivity contribution in [1.29, 1.82) is 10.5 Å². The maximum atomic E-state index is 12.0. The molecular formula is C15H15N3O3. The molecule has 0 fully saturated rings. The van der Waals surface area contributed by atoms with Gasteiger partial charge in [0.25, 0.3) is 5.91 Å². The van der Waals surface area contributed by atoms with E-state index in [1.54, 1.807) is 24.3 Å². The van der Waals surface area contributed by atoms with Gasteiger partial charge in [0.1, 0.15) is 12.0 Å². The molecule has 1 aromatic carbocycles. The van der Waals surface area contributed by atoms with Gasteiger partial charge in [0.15, 0.2) is 6.61 Å². The van der Waals surface area contributed by atoms with E-state index >= 15 is 0 Å². The molecule has 0 unspecified atom stereocenters. The average molecular weight is 285 g/mol. The van der Waals surface area contributed by atoms with E-state index in [0.29, 0.717) is 11.3 Å². The molecule has 0 atom stereocenters. The summed E-state index contributed by atoms with van der Waals surface area (Å²) in [5.41, 5.74) is 0.526. The van der Waals surface area contributed by atoms with Crippen LogP contribution in [-0.4, -0.2) is 36.8 Å². The third-order valence-electron chi connectivity index (χ3n) is 2.72. The Morgan fingerprint density at radius 1 is 1.14 bits per heavy atom. The summed E-state index contributed by atoms with van der Waals surface area (Å²) in [4.78, 5) is 23.9. The van der Waals surface area contributed by atoms with E-state index in [-0.39, 0.29) is 38.4 Å². The van der Waals surface area contributed by atoms with Crippen molar-refractivity contribution in [2.24, 2.45) is 0 Å². The largest absolute Gasteiger partial charge is 0.484 e. The summed E-state index contributed by atoms with van der Waals surface area (Å²) in [5.74, 6) is 0.203. The molecule has 108 valence electrons. The quantitative estimate of drug-likeness (QED) is 0.675. The summed E-state index contributed by atoms with van der Waals surface area (Å²) in [6.45, 7) is 0.395. The standard InChI is InChI=1S/C15H15N3O3/c16-7-1-9-18(10-2-8-17)15(20)12-21-14-5-3-13(11-19)4-6-14/h3-6,11H,1-2,9-10,12H2. The highest BCUT2D eigenvalue weighted by Crippen LogP contribution is 2.11. The normalized spacial score (nSPS) is 9.24. The number of carbonyl (C=O) groups is 2. The summed E-state index contributed by atoms with van der Waals surface area (Å²) >= 11 is 0. The van der Waals surface area contributed by atoms with E-state index in [0.717, 1.165) is 6.29 Å². The first-order valence-electron chi connectivity index (χ1n) is 6.41. The van der Waals surface area contributed by atoms with Gasteiger partial charge in [0.2, 0.25) is 0 Å². The van der Waals surface area contributed by atoms with E-state index in [1.165, 1.54) is 4.90 Å². The predicted octanol–water partition coefficient (Wildman–Crippen LogP) is 1.53. The molecule has 0 saturated carbocycles. The first-order valence-corrected chi connectivity index (χ1v) is 6.41. The molecule has 21 heavy (non-hydrogen) atoms. The fourth-order valence-electron chi connectivity index (χ4n) is 1.61. The summed E-state index contributed by atoms with van der Waals surface area (Å²) in [6.07, 6.45) is 1.15. The van der Waals surface area contributed by atoms with Crippen LogP contribution in [0.4, 0.5) is 0 Å². The Labute approximate surface area is 123 Å². The fourth-order valence-corrected chi connectivity index (χ4v) is 1.61. The number of nitriles is 2. The van der Waals surface area contributed by atoms with Gasteiger partial charge in [0.05, 0.1) is 25.0 Å². The molecule has 1 rings (SSSR count). The minimum atomic E-state index is -0.278. The van der Waals surface area contributed by atoms with Gasteiger partial charge in [-0.1, -0.05) is 0 Å². The predicted molar refractivity (Wildman–Crippen MR) is 74.4 cm³/mol. The lowest BCUT2D eigenvalue weighted by Crippen LogP contribution is -2.36. The molecule has 0 heterocycles. The maximum Gasteiger partial charge on any atom is 0.260 e. The average Bonchev–Trinajstić information content (AvgIpc) is 2.53. The van der Waals surface area contributed by atoms with Crippen LogP contribution in [-0.2, 0) is 4.79 Å². The SMILES string of the molecule is N#CCCN(CCC#N)C(=O)COc1ccc(C=O)cc1. The second-order valence-corrected chi connectivity index (χ2v) is 4.17. The number of benzene rings is 1. The van der Waals surface area contributed by atoms with Crippen molar-refractivity contribution in [3.8, 4) is 17.9 Å². The second kappa shape index (κ2) is 9.11. The van der Waals surface area contributed by atoms with Crippen LogP contribution in [0.2, 0.25) is 0 Å². The molecule has 0 aliphatic carbocycles. The van der Waals surface area contributed by atoms with Gasteiger partial charge in [-0.15, -0.1) is 0 Å². The number of aldehydes is 1. The van der Waals surface area contributed by atoms with E-state index in [2.05, 4.69) is 0 Å². The highest BCUT2D eigenvalue weighted by molar-refractivity contribution is 5.78. The van der Waals surface area contributed by atoms with E-state index in [4.69, 9.17) is 15.3 Å². The Kier molecular flexibility index (Phi) is 7.02. The van der Waals surface area contributed by atoms with E-state index < -0.39 is 0 Å². The van der Waals surface area contributed by atoms with Crippen LogP contribution >= 0.6 is 0 Å². The molecule has 6 nitrogen and oxygen atoms in total. The van der Waals surface area contributed by atoms with Crippen molar-refractivity contribution in [2.75, 3.05) is 19.7 Å². The minimum Gasteiger partial charge on any atom is -0.484 e. The van der Waals surface area contributed by atoms with Crippen molar-refractivity contribution < 1.29 is 14.3 Å². The third-order valence-corrected chi connectivity index (χ3v) is 2.72. The molecule has 0 spiro atoms. The van der Waals surface area contributed by atoms with Gasteiger partial charge >= 0.3 is 0 Å². The van der Waals surface area contributed by atoms with Crippen LogP contribution in [0.15, 0.2) is 24.3 Å². The van der Waals surface area contributed by atoms with Crippen LogP contribution in [0.3, 0.4) is 0 Å². The smallest absolute Gasteiger partial charge is 0.260 e. The molecule has 0 radical (unpaired) electrons. The van der Waals surface area contributed by atoms with Crippen LogP contribution < -0.4 is 4.74 Å². The molecular weight excluding hydrogens is 270 g/mol. The molecule has 0 aliphatic heterocycles. The highest BCUT2D eigenvalue weighted by atomic mass is 16.5. The Hall–Kier alpha value is -2.86. The zero-order chi connectivity index (χ0) is 15.5. The lowest BCUT2D eigenvalue weighted by atomic mass is 10.2. The van der Waals surface area contributed by atoms with Crippen molar-refractivity contribution >= 4 is 12.2 Å². The number of carbonyl (C=O) groups excluding carboxylic acids is 2. The lowest BCUT2D eigenvalue weighted by Gasteiger charge is -2.20. The molecule has 0 aliphatic rings. The topological polar surface area (TPSA) is 94.2 Å².